The molecule has 0 saturated heterocycles. The highest BCUT2D eigenvalue weighted by Gasteiger charge is 2.09. The lowest BCUT2D eigenvalue weighted by atomic mass is 10.2. The molecule has 0 aliphatic carbocycles. The van der Waals surface area contributed by atoms with Crippen LogP contribution in [0.1, 0.15) is 20.3 Å². The van der Waals surface area contributed by atoms with Crippen LogP contribution in [0.4, 0.5) is 0 Å². The van der Waals surface area contributed by atoms with Gasteiger partial charge in [0.05, 0.1) is 11.7 Å². The Bertz CT molecular complexity index is 234. The molecule has 1 N–H and O–H groups in total. The van der Waals surface area contributed by atoms with Crippen LogP contribution in [0, 0.1) is 0 Å². The van der Waals surface area contributed by atoms with Gasteiger partial charge in [-0.15, -0.1) is 0 Å². The van der Waals surface area contributed by atoms with Gasteiger partial charge in [-0.3, -0.25) is 0 Å². The fraction of sp³-hybridized carbons (Fsp3) is 0.667. The zero-order valence-electron chi connectivity index (χ0n) is 8.62. The summed E-state index contributed by atoms with van der Waals surface area (Å²) in [7, 11) is 1.79. The van der Waals surface area contributed by atoms with Crippen LogP contribution in [0.2, 0.25) is 0 Å². The van der Waals surface area contributed by atoms with Gasteiger partial charge in [0.25, 0.3) is 0 Å². The molecule has 0 aromatic carbocycles. The summed E-state index contributed by atoms with van der Waals surface area (Å²) in [5, 5.41) is 2.96. The van der Waals surface area contributed by atoms with E-state index in [1.165, 1.54) is 0 Å². The number of rotatable bonds is 6. The molecule has 0 fully saturated rings. The molecule has 80 valence electrons. The molecule has 0 aliphatic heterocycles. The molecule has 0 aromatic heterocycles. The van der Waals surface area contributed by atoms with E-state index >= 15 is 0 Å². The van der Waals surface area contributed by atoms with Gasteiger partial charge in [0.1, 0.15) is 5.94 Å². The number of thiocarbonyl (C=S) groups is 1. The average molecular weight is 217 g/mol. The lowest BCUT2D eigenvalue weighted by Crippen LogP contribution is -2.15. The molecule has 0 heterocycles. The molecule has 0 unspecified atom stereocenters. The van der Waals surface area contributed by atoms with Gasteiger partial charge in [0.15, 0.2) is 0 Å². The molecule has 4 nitrogen and oxygen atoms in total. The van der Waals surface area contributed by atoms with Gasteiger partial charge in [-0.25, -0.2) is 4.79 Å². The molecule has 0 amide bonds. The number of hydrogen-bond donors (Lipinski definition) is 1. The predicted molar refractivity (Wildman–Crippen MR) is 57.7 cm³/mol. The molecule has 0 bridgehead atoms. The van der Waals surface area contributed by atoms with E-state index in [-0.39, 0.29) is 11.2 Å². The average Bonchev–Trinajstić information content (AvgIpc) is 2.16. The highest BCUT2D eigenvalue weighted by Crippen LogP contribution is 2.03. The van der Waals surface area contributed by atoms with Gasteiger partial charge in [0.2, 0.25) is 5.05 Å². The molecule has 0 aliphatic rings. The summed E-state index contributed by atoms with van der Waals surface area (Å²) in [4.78, 5) is 20.0. The monoisotopic (exact) mass is 217 g/mol. The Morgan fingerprint density at radius 2 is 2.21 bits per heavy atom. The molecule has 5 heteroatoms. The van der Waals surface area contributed by atoms with Crippen LogP contribution in [0.5, 0.6) is 0 Å². The standard InChI is InChI=1S/C9H15NO3S/c1-7(2)12-13-9(14)8(6-11)4-5-10-3/h7,10H,4-5H2,1-3H3. The smallest absolute Gasteiger partial charge is 0.243 e. The fourth-order valence-electron chi connectivity index (χ4n) is 0.635. The molecular formula is C9H15NO3S. The molecule has 0 spiro atoms. The molecular weight excluding hydrogens is 202 g/mol. The van der Waals surface area contributed by atoms with E-state index in [0.29, 0.717) is 18.5 Å². The van der Waals surface area contributed by atoms with Crippen molar-refractivity contribution in [2.24, 2.45) is 0 Å². The Kier molecular flexibility index (Phi) is 7.24. The normalized spacial score (nSPS) is 9.71. The Hall–Kier alpha value is -0.740. The third-order valence-electron chi connectivity index (χ3n) is 1.31. The second kappa shape index (κ2) is 7.64. The topological polar surface area (TPSA) is 47.6 Å². The Labute approximate surface area is 89.2 Å². The Morgan fingerprint density at radius 3 is 2.64 bits per heavy atom. The molecule has 0 rings (SSSR count). The van der Waals surface area contributed by atoms with E-state index in [2.05, 4.69) is 5.32 Å². The Morgan fingerprint density at radius 1 is 1.57 bits per heavy atom. The predicted octanol–water partition coefficient (Wildman–Crippen LogP) is 1.04. The van der Waals surface area contributed by atoms with Crippen molar-refractivity contribution in [3.05, 3.63) is 5.57 Å². The van der Waals surface area contributed by atoms with E-state index in [0.717, 1.165) is 0 Å². The van der Waals surface area contributed by atoms with Crippen LogP contribution in [-0.4, -0.2) is 30.7 Å². The largest absolute Gasteiger partial charge is 0.324 e. The van der Waals surface area contributed by atoms with E-state index in [1.54, 1.807) is 26.8 Å². The fourth-order valence-corrected chi connectivity index (χ4v) is 0.818. The first-order chi connectivity index (χ1) is 6.61. The van der Waals surface area contributed by atoms with E-state index < -0.39 is 0 Å². The van der Waals surface area contributed by atoms with Gasteiger partial charge < -0.3 is 10.2 Å². The summed E-state index contributed by atoms with van der Waals surface area (Å²) < 4.78 is 0. The molecule has 14 heavy (non-hydrogen) atoms. The van der Waals surface area contributed by atoms with Gasteiger partial charge in [0, 0.05) is 6.42 Å². The number of carbonyl (C=O) groups excluding carboxylic acids is 1. The van der Waals surface area contributed by atoms with Crippen molar-refractivity contribution in [3.8, 4) is 0 Å². The highest BCUT2D eigenvalue weighted by atomic mass is 32.1. The summed E-state index contributed by atoms with van der Waals surface area (Å²) in [6.07, 6.45) is 0.394. The second-order valence-electron chi connectivity index (χ2n) is 2.95. The van der Waals surface area contributed by atoms with Crippen molar-refractivity contribution in [2.75, 3.05) is 13.6 Å². The van der Waals surface area contributed by atoms with Gasteiger partial charge in [-0.05, 0) is 39.7 Å². The van der Waals surface area contributed by atoms with Crippen LogP contribution in [-0.2, 0) is 14.6 Å². The van der Waals surface area contributed by atoms with Crippen LogP contribution >= 0.6 is 12.2 Å². The number of nitrogens with one attached hydrogen (secondary N) is 1. The second-order valence-corrected chi connectivity index (χ2v) is 3.32. The first-order valence-electron chi connectivity index (χ1n) is 4.38. The maximum absolute atomic E-state index is 10.5. The third-order valence-corrected chi connectivity index (χ3v) is 1.63. The quantitative estimate of drug-likeness (QED) is 0.237. The third kappa shape index (κ3) is 5.83. The first kappa shape index (κ1) is 13.3. The molecule has 0 saturated carbocycles. The van der Waals surface area contributed by atoms with Crippen molar-refractivity contribution in [2.45, 2.75) is 26.4 Å². The van der Waals surface area contributed by atoms with Crippen molar-refractivity contribution in [1.29, 1.82) is 0 Å². The van der Waals surface area contributed by atoms with Crippen molar-refractivity contribution < 1.29 is 14.6 Å². The summed E-state index contributed by atoms with van der Waals surface area (Å²) in [6.45, 7) is 4.26. The minimum atomic E-state index is -0.0925. The van der Waals surface area contributed by atoms with Gasteiger partial charge in [-0.2, -0.15) is 4.89 Å². The Balaban J connectivity index is 4.00. The number of hydrogen-bond acceptors (Lipinski definition) is 5. The van der Waals surface area contributed by atoms with E-state index in [4.69, 9.17) is 22.0 Å². The summed E-state index contributed by atoms with van der Waals surface area (Å²) >= 11 is 4.83. The van der Waals surface area contributed by atoms with Crippen molar-refractivity contribution in [3.63, 3.8) is 0 Å². The lowest BCUT2D eigenvalue weighted by molar-refractivity contribution is -0.246. The zero-order chi connectivity index (χ0) is 11.0. The zero-order valence-corrected chi connectivity index (χ0v) is 9.44. The minimum absolute atomic E-state index is 0.0592. The summed E-state index contributed by atoms with van der Waals surface area (Å²) in [6, 6.07) is 0. The summed E-state index contributed by atoms with van der Waals surface area (Å²) in [5.41, 5.74) is 0.315. The van der Waals surface area contributed by atoms with Crippen molar-refractivity contribution in [1.82, 2.24) is 5.32 Å². The maximum atomic E-state index is 10.5. The van der Waals surface area contributed by atoms with E-state index in [1.807, 2.05) is 0 Å². The lowest BCUT2D eigenvalue weighted by Gasteiger charge is -2.08. The van der Waals surface area contributed by atoms with Crippen LogP contribution in [0.15, 0.2) is 5.57 Å². The van der Waals surface area contributed by atoms with Crippen LogP contribution in [0.25, 0.3) is 0 Å². The van der Waals surface area contributed by atoms with E-state index in [9.17, 15) is 4.79 Å². The van der Waals surface area contributed by atoms with Crippen molar-refractivity contribution >= 4 is 23.2 Å². The maximum Gasteiger partial charge on any atom is 0.243 e. The summed E-state index contributed by atoms with van der Waals surface area (Å²) in [5.74, 6) is 1.74. The highest BCUT2D eigenvalue weighted by molar-refractivity contribution is 7.80. The van der Waals surface area contributed by atoms with Crippen LogP contribution in [0.3, 0.4) is 0 Å². The van der Waals surface area contributed by atoms with Gasteiger partial charge >= 0.3 is 0 Å². The van der Waals surface area contributed by atoms with Crippen LogP contribution < -0.4 is 5.32 Å². The van der Waals surface area contributed by atoms with Gasteiger partial charge in [-0.1, -0.05) is 0 Å². The molecule has 0 aromatic rings. The minimum Gasteiger partial charge on any atom is -0.324 e. The molecule has 0 atom stereocenters. The first-order valence-corrected chi connectivity index (χ1v) is 4.78. The SMILES string of the molecule is CNCCC(=C=O)C(=S)OOC(C)C. The molecule has 0 radical (unpaired) electrons.